The van der Waals surface area contributed by atoms with Crippen LogP contribution in [0.5, 0.6) is 0 Å². The van der Waals surface area contributed by atoms with Crippen molar-refractivity contribution >= 4 is 29.1 Å². The molecule has 1 aliphatic heterocycles. The molecule has 0 atom stereocenters. The summed E-state index contributed by atoms with van der Waals surface area (Å²) in [7, 11) is 0. The zero-order valence-electron chi connectivity index (χ0n) is 15.9. The van der Waals surface area contributed by atoms with Gasteiger partial charge in [0.15, 0.2) is 0 Å². The van der Waals surface area contributed by atoms with Gasteiger partial charge in [-0.2, -0.15) is 0 Å². The number of anilines is 2. The molecule has 2 aromatic rings. The molecule has 0 radical (unpaired) electrons. The van der Waals surface area contributed by atoms with Gasteiger partial charge >= 0.3 is 0 Å². The number of hydrogen-bond acceptors (Lipinski definition) is 4. The molecule has 29 heavy (non-hydrogen) atoms. The molecular weight excluding hydrogens is 375 g/mol. The lowest BCUT2D eigenvalue weighted by Crippen LogP contribution is -2.48. The maximum Gasteiger partial charge on any atom is 0.248 e. The van der Waals surface area contributed by atoms with Crippen LogP contribution in [0.4, 0.5) is 15.8 Å². The van der Waals surface area contributed by atoms with Crippen molar-refractivity contribution in [2.75, 3.05) is 36.4 Å². The highest BCUT2D eigenvalue weighted by Crippen LogP contribution is 2.17. The van der Waals surface area contributed by atoms with Crippen LogP contribution in [0.2, 0.25) is 0 Å². The minimum absolute atomic E-state index is 0.0667. The van der Waals surface area contributed by atoms with E-state index in [2.05, 4.69) is 10.2 Å². The van der Waals surface area contributed by atoms with E-state index in [1.807, 2.05) is 0 Å². The zero-order valence-corrected chi connectivity index (χ0v) is 15.9. The highest BCUT2D eigenvalue weighted by Gasteiger charge is 2.21. The maximum absolute atomic E-state index is 13.0. The number of carbonyl (C=O) groups is 3. The molecule has 1 heterocycles. The van der Waals surface area contributed by atoms with Crippen molar-refractivity contribution in [2.45, 2.75) is 12.8 Å². The summed E-state index contributed by atoms with van der Waals surface area (Å²) in [4.78, 5) is 39.4. The first-order valence-corrected chi connectivity index (χ1v) is 9.40. The van der Waals surface area contributed by atoms with Crippen LogP contribution in [0.1, 0.15) is 23.2 Å². The van der Waals surface area contributed by atoms with Gasteiger partial charge < -0.3 is 20.9 Å². The van der Waals surface area contributed by atoms with E-state index < -0.39 is 5.91 Å². The fourth-order valence-corrected chi connectivity index (χ4v) is 3.19. The van der Waals surface area contributed by atoms with Crippen LogP contribution in [0.25, 0.3) is 0 Å². The van der Waals surface area contributed by atoms with E-state index in [-0.39, 0.29) is 30.5 Å². The van der Waals surface area contributed by atoms with Gasteiger partial charge in [-0.05, 0) is 48.5 Å². The number of hydrogen-bond donors (Lipinski definition) is 2. The van der Waals surface area contributed by atoms with Crippen molar-refractivity contribution in [1.29, 1.82) is 0 Å². The minimum atomic E-state index is -0.534. The summed E-state index contributed by atoms with van der Waals surface area (Å²) in [6.45, 7) is 2.45. The number of nitrogens with one attached hydrogen (secondary N) is 1. The third kappa shape index (κ3) is 5.54. The summed E-state index contributed by atoms with van der Waals surface area (Å²) >= 11 is 0. The lowest BCUT2D eigenvalue weighted by molar-refractivity contribution is -0.133. The van der Waals surface area contributed by atoms with Gasteiger partial charge in [0.05, 0.1) is 0 Å². The van der Waals surface area contributed by atoms with E-state index in [1.165, 1.54) is 24.3 Å². The van der Waals surface area contributed by atoms with Gasteiger partial charge in [-0.25, -0.2) is 4.39 Å². The summed E-state index contributed by atoms with van der Waals surface area (Å²) in [6.07, 6.45) is 0.205. The Morgan fingerprint density at radius 1 is 0.897 bits per heavy atom. The molecule has 1 saturated heterocycles. The number of benzene rings is 2. The molecule has 3 amide bonds. The van der Waals surface area contributed by atoms with Crippen LogP contribution in [0.15, 0.2) is 48.5 Å². The summed E-state index contributed by atoms with van der Waals surface area (Å²) in [5, 5.41) is 2.70. The average Bonchev–Trinajstić information content (AvgIpc) is 2.73. The lowest BCUT2D eigenvalue weighted by atomic mass is 10.2. The minimum Gasteiger partial charge on any atom is -0.368 e. The second-order valence-corrected chi connectivity index (χ2v) is 6.83. The van der Waals surface area contributed by atoms with Crippen molar-refractivity contribution in [3.63, 3.8) is 0 Å². The molecule has 0 saturated carbocycles. The van der Waals surface area contributed by atoms with Crippen molar-refractivity contribution in [3.05, 3.63) is 59.9 Å². The van der Waals surface area contributed by atoms with Gasteiger partial charge in [0.1, 0.15) is 5.82 Å². The Morgan fingerprint density at radius 3 is 2.10 bits per heavy atom. The van der Waals surface area contributed by atoms with E-state index in [0.717, 1.165) is 5.69 Å². The number of amides is 3. The molecular formula is C21H23FN4O3. The Labute approximate surface area is 168 Å². The average molecular weight is 398 g/mol. The van der Waals surface area contributed by atoms with Gasteiger partial charge in [-0.15, -0.1) is 0 Å². The van der Waals surface area contributed by atoms with Crippen molar-refractivity contribution in [3.8, 4) is 0 Å². The Balaban J connectivity index is 1.42. The normalized spacial score (nSPS) is 13.8. The van der Waals surface area contributed by atoms with Crippen LogP contribution in [-0.2, 0) is 9.59 Å². The standard InChI is InChI=1S/C21H23FN4O3/c22-16-3-7-18(8-4-16)25-11-13-26(14-12-25)20(28)10-9-19(27)24-17-5-1-15(2-6-17)21(23)29/h1-8H,9-14H2,(H2,23,29)(H,24,27). The van der Waals surface area contributed by atoms with Crippen LogP contribution in [0.3, 0.4) is 0 Å². The number of piperazine rings is 1. The first-order chi connectivity index (χ1) is 13.9. The van der Waals surface area contributed by atoms with Gasteiger partial charge in [-0.1, -0.05) is 0 Å². The Kier molecular flexibility index (Phi) is 6.43. The third-order valence-electron chi connectivity index (χ3n) is 4.84. The van der Waals surface area contributed by atoms with Crippen molar-refractivity contribution < 1.29 is 18.8 Å². The van der Waals surface area contributed by atoms with Crippen molar-refractivity contribution in [1.82, 2.24) is 4.90 Å². The van der Waals surface area contributed by atoms with Gasteiger partial charge in [0, 0.05) is 56.0 Å². The second-order valence-electron chi connectivity index (χ2n) is 6.83. The van der Waals surface area contributed by atoms with Crippen molar-refractivity contribution in [2.24, 2.45) is 5.73 Å². The molecule has 3 rings (SSSR count). The lowest BCUT2D eigenvalue weighted by Gasteiger charge is -2.36. The number of nitrogens with two attached hydrogens (primary N) is 1. The molecule has 3 N–H and O–H groups in total. The number of nitrogens with zero attached hydrogens (tertiary/aromatic N) is 2. The van der Waals surface area contributed by atoms with E-state index in [0.29, 0.717) is 37.4 Å². The number of primary amides is 1. The third-order valence-corrected chi connectivity index (χ3v) is 4.84. The van der Waals surface area contributed by atoms with Crippen LogP contribution in [0, 0.1) is 5.82 Å². The highest BCUT2D eigenvalue weighted by molar-refractivity contribution is 5.95. The molecule has 7 nitrogen and oxygen atoms in total. The SMILES string of the molecule is NC(=O)c1ccc(NC(=O)CCC(=O)N2CCN(c3ccc(F)cc3)CC2)cc1. The monoisotopic (exact) mass is 398 g/mol. The second kappa shape index (κ2) is 9.18. The summed E-state index contributed by atoms with van der Waals surface area (Å²) in [5.74, 6) is -1.14. The number of rotatable bonds is 6. The molecule has 0 aliphatic carbocycles. The summed E-state index contributed by atoms with van der Waals surface area (Å²) in [6, 6.07) is 12.6. The van der Waals surface area contributed by atoms with Crippen LogP contribution < -0.4 is 16.0 Å². The predicted octanol–water partition coefficient (Wildman–Crippen LogP) is 1.99. The summed E-state index contributed by atoms with van der Waals surface area (Å²) in [5.41, 5.74) is 7.01. The van der Waals surface area contributed by atoms with E-state index in [9.17, 15) is 18.8 Å². The van der Waals surface area contributed by atoms with Crippen LogP contribution in [-0.4, -0.2) is 48.8 Å². The Morgan fingerprint density at radius 2 is 1.52 bits per heavy atom. The Hall–Kier alpha value is -3.42. The molecule has 0 bridgehead atoms. The largest absolute Gasteiger partial charge is 0.368 e. The predicted molar refractivity (Wildman–Crippen MR) is 108 cm³/mol. The Bertz CT molecular complexity index is 876. The fourth-order valence-electron chi connectivity index (χ4n) is 3.19. The zero-order chi connectivity index (χ0) is 20.8. The van der Waals surface area contributed by atoms with E-state index in [4.69, 9.17) is 5.73 Å². The molecule has 0 aromatic heterocycles. The molecule has 1 aliphatic rings. The smallest absolute Gasteiger partial charge is 0.248 e. The maximum atomic E-state index is 13.0. The quantitative estimate of drug-likeness (QED) is 0.778. The molecule has 8 heteroatoms. The van der Waals surface area contributed by atoms with Gasteiger partial charge in [0.2, 0.25) is 17.7 Å². The van der Waals surface area contributed by atoms with Gasteiger partial charge in [0.25, 0.3) is 0 Å². The number of carbonyl (C=O) groups excluding carboxylic acids is 3. The molecule has 0 spiro atoms. The van der Waals surface area contributed by atoms with Crippen LogP contribution >= 0.6 is 0 Å². The fraction of sp³-hybridized carbons (Fsp3) is 0.286. The topological polar surface area (TPSA) is 95.7 Å². The molecule has 1 fully saturated rings. The first kappa shape index (κ1) is 20.3. The van der Waals surface area contributed by atoms with E-state index in [1.54, 1.807) is 29.2 Å². The molecule has 152 valence electrons. The highest BCUT2D eigenvalue weighted by atomic mass is 19.1. The number of halogens is 1. The molecule has 2 aromatic carbocycles. The summed E-state index contributed by atoms with van der Waals surface area (Å²) < 4.78 is 13.0. The van der Waals surface area contributed by atoms with E-state index >= 15 is 0 Å². The molecule has 0 unspecified atom stereocenters. The van der Waals surface area contributed by atoms with Gasteiger partial charge in [-0.3, -0.25) is 14.4 Å². The first-order valence-electron chi connectivity index (χ1n) is 9.40.